The Balaban J connectivity index is 0.00000242. The highest BCUT2D eigenvalue weighted by molar-refractivity contribution is 14.0. The molecule has 0 radical (unpaired) electrons. The van der Waals surface area contributed by atoms with Crippen molar-refractivity contribution in [2.75, 3.05) is 18.9 Å². The number of benzene rings is 1. The van der Waals surface area contributed by atoms with Gasteiger partial charge in [-0.15, -0.1) is 24.0 Å². The predicted molar refractivity (Wildman–Crippen MR) is 107 cm³/mol. The molecule has 4 nitrogen and oxygen atoms in total. The molecule has 6 heteroatoms. The molecule has 0 fully saturated rings. The number of nitrogens with zero attached hydrogens (tertiary/aromatic N) is 1. The summed E-state index contributed by atoms with van der Waals surface area (Å²) in [5, 5.41) is 3.31. The number of guanidine groups is 1. The van der Waals surface area contributed by atoms with Crippen molar-refractivity contribution < 1.29 is 4.74 Å². The summed E-state index contributed by atoms with van der Waals surface area (Å²) in [6.45, 7) is 8.08. The number of hydrogen-bond acceptors (Lipinski definition) is 3. The van der Waals surface area contributed by atoms with E-state index in [0.717, 1.165) is 30.0 Å². The van der Waals surface area contributed by atoms with Crippen molar-refractivity contribution in [3.63, 3.8) is 0 Å². The highest BCUT2D eigenvalue weighted by Crippen LogP contribution is 2.31. The smallest absolute Gasteiger partial charge is 0.189 e. The highest BCUT2D eigenvalue weighted by Gasteiger charge is 2.21. The zero-order valence-electron chi connectivity index (χ0n) is 13.5. The minimum Gasteiger partial charge on any atom is -0.493 e. The second kappa shape index (κ2) is 8.86. The van der Waals surface area contributed by atoms with Crippen LogP contribution in [0.1, 0.15) is 38.8 Å². The largest absolute Gasteiger partial charge is 0.493 e. The van der Waals surface area contributed by atoms with Crippen LogP contribution in [0.5, 0.6) is 5.75 Å². The van der Waals surface area contributed by atoms with E-state index in [2.05, 4.69) is 37.1 Å². The van der Waals surface area contributed by atoms with E-state index in [4.69, 9.17) is 10.5 Å². The lowest BCUT2D eigenvalue weighted by atomic mass is 10.0. The van der Waals surface area contributed by atoms with Gasteiger partial charge in [-0.2, -0.15) is 11.8 Å². The van der Waals surface area contributed by atoms with Crippen LogP contribution in [0.25, 0.3) is 0 Å². The lowest BCUT2D eigenvalue weighted by Gasteiger charge is -2.27. The van der Waals surface area contributed by atoms with E-state index in [1.54, 1.807) is 0 Å². The first-order valence-electron chi connectivity index (χ1n) is 7.38. The van der Waals surface area contributed by atoms with Crippen LogP contribution in [-0.2, 0) is 0 Å². The molecule has 0 aliphatic carbocycles. The van der Waals surface area contributed by atoms with Gasteiger partial charge in [0.15, 0.2) is 5.96 Å². The molecule has 0 aromatic heterocycles. The first kappa shape index (κ1) is 19.4. The molecule has 0 amide bonds. The SMILES string of the molecule is CC(C)(C)SCCN=C(N)NC1CCOc2ccccc21.I. The monoisotopic (exact) mass is 435 g/mol. The maximum atomic E-state index is 6.00. The minimum absolute atomic E-state index is 0. The Morgan fingerprint density at radius 1 is 1.41 bits per heavy atom. The van der Waals surface area contributed by atoms with Crippen LogP contribution < -0.4 is 15.8 Å². The summed E-state index contributed by atoms with van der Waals surface area (Å²) < 4.78 is 5.92. The lowest BCUT2D eigenvalue weighted by molar-refractivity contribution is 0.262. The molecule has 2 rings (SSSR count). The Kier molecular flexibility index (Phi) is 7.82. The number of nitrogens with two attached hydrogens (primary N) is 1. The van der Waals surface area contributed by atoms with Crippen LogP contribution in [0.2, 0.25) is 0 Å². The molecule has 3 N–H and O–H groups in total. The normalized spacial score (nSPS) is 18.0. The van der Waals surface area contributed by atoms with Crippen LogP contribution in [-0.4, -0.2) is 29.6 Å². The van der Waals surface area contributed by atoms with Crippen LogP contribution in [0.4, 0.5) is 0 Å². The van der Waals surface area contributed by atoms with E-state index < -0.39 is 0 Å². The number of rotatable bonds is 4. The minimum atomic E-state index is 0. The lowest BCUT2D eigenvalue weighted by Crippen LogP contribution is -2.37. The van der Waals surface area contributed by atoms with Crippen molar-refractivity contribution in [3.8, 4) is 5.75 Å². The fourth-order valence-electron chi connectivity index (χ4n) is 2.23. The van der Waals surface area contributed by atoms with Crippen molar-refractivity contribution in [1.82, 2.24) is 5.32 Å². The number of nitrogens with one attached hydrogen (secondary N) is 1. The maximum absolute atomic E-state index is 6.00. The Hall–Kier alpha value is -0.630. The van der Waals surface area contributed by atoms with Gasteiger partial charge in [-0.25, -0.2) is 0 Å². The van der Waals surface area contributed by atoms with E-state index in [-0.39, 0.29) is 34.8 Å². The molecule has 0 spiro atoms. The molecule has 0 saturated heterocycles. The van der Waals surface area contributed by atoms with Gasteiger partial charge in [0, 0.05) is 22.5 Å². The molecule has 1 aliphatic heterocycles. The highest BCUT2D eigenvalue weighted by atomic mass is 127. The molecule has 1 heterocycles. The van der Waals surface area contributed by atoms with Crippen molar-refractivity contribution in [2.45, 2.75) is 38.0 Å². The van der Waals surface area contributed by atoms with Gasteiger partial charge in [-0.05, 0) is 6.07 Å². The molecule has 1 aromatic carbocycles. The van der Waals surface area contributed by atoms with Gasteiger partial charge in [0.1, 0.15) is 5.75 Å². The first-order chi connectivity index (χ1) is 9.96. The third-order valence-corrected chi connectivity index (χ3v) is 4.44. The van der Waals surface area contributed by atoms with Crippen LogP contribution in [0, 0.1) is 0 Å². The molecule has 1 aromatic rings. The number of hydrogen-bond donors (Lipinski definition) is 2. The van der Waals surface area contributed by atoms with Crippen molar-refractivity contribution >= 4 is 41.7 Å². The summed E-state index contributed by atoms with van der Waals surface area (Å²) in [6, 6.07) is 8.28. The number of halogens is 1. The molecule has 1 aliphatic rings. The maximum Gasteiger partial charge on any atom is 0.189 e. The van der Waals surface area contributed by atoms with Crippen LogP contribution in [0.3, 0.4) is 0 Å². The van der Waals surface area contributed by atoms with E-state index in [1.807, 2.05) is 30.0 Å². The third kappa shape index (κ3) is 6.24. The second-order valence-electron chi connectivity index (χ2n) is 6.10. The molecule has 1 unspecified atom stereocenters. The first-order valence-corrected chi connectivity index (χ1v) is 8.36. The molecule has 22 heavy (non-hydrogen) atoms. The second-order valence-corrected chi connectivity index (χ2v) is 8.02. The zero-order chi connectivity index (χ0) is 15.3. The summed E-state index contributed by atoms with van der Waals surface area (Å²) in [4.78, 5) is 4.42. The van der Waals surface area contributed by atoms with Crippen molar-refractivity contribution in [3.05, 3.63) is 29.8 Å². The third-order valence-electron chi connectivity index (χ3n) is 3.19. The topological polar surface area (TPSA) is 59.6 Å². The van der Waals surface area contributed by atoms with Gasteiger partial charge in [0.05, 0.1) is 19.2 Å². The predicted octanol–water partition coefficient (Wildman–Crippen LogP) is 3.56. The summed E-state index contributed by atoms with van der Waals surface area (Å²) >= 11 is 1.90. The van der Waals surface area contributed by atoms with Gasteiger partial charge >= 0.3 is 0 Å². The van der Waals surface area contributed by atoms with Crippen molar-refractivity contribution in [1.29, 1.82) is 0 Å². The van der Waals surface area contributed by atoms with Gasteiger partial charge in [0.25, 0.3) is 0 Å². The van der Waals surface area contributed by atoms with Crippen molar-refractivity contribution in [2.24, 2.45) is 10.7 Å². The van der Waals surface area contributed by atoms with E-state index in [1.165, 1.54) is 0 Å². The Labute approximate surface area is 154 Å². The Bertz CT molecular complexity index is 502. The standard InChI is InChI=1S/C16H25N3OS.HI/c1-16(2,3)21-11-9-18-15(17)19-13-8-10-20-14-7-5-4-6-12(13)14;/h4-7,13H,8-11H2,1-3H3,(H3,17,18,19);1H. The number of ether oxygens (including phenoxy) is 1. The summed E-state index contributed by atoms with van der Waals surface area (Å²) in [6.07, 6.45) is 0.907. The van der Waals surface area contributed by atoms with Gasteiger partial charge < -0.3 is 15.8 Å². The van der Waals surface area contributed by atoms with E-state index >= 15 is 0 Å². The molecule has 124 valence electrons. The molecular formula is C16H26IN3OS. The van der Waals surface area contributed by atoms with E-state index in [9.17, 15) is 0 Å². The molecule has 0 saturated carbocycles. The van der Waals surface area contributed by atoms with E-state index in [0.29, 0.717) is 12.6 Å². The number of thioether (sulfide) groups is 1. The van der Waals surface area contributed by atoms with Gasteiger partial charge in [-0.1, -0.05) is 39.0 Å². The summed E-state index contributed by atoms with van der Waals surface area (Å²) in [7, 11) is 0. The summed E-state index contributed by atoms with van der Waals surface area (Å²) in [5.41, 5.74) is 7.16. The van der Waals surface area contributed by atoms with Crippen LogP contribution >= 0.6 is 35.7 Å². The van der Waals surface area contributed by atoms with Gasteiger partial charge in [-0.3, -0.25) is 4.99 Å². The average Bonchev–Trinajstić information content (AvgIpc) is 2.43. The fraction of sp³-hybridized carbons (Fsp3) is 0.562. The quantitative estimate of drug-likeness (QED) is 0.329. The fourth-order valence-corrected chi connectivity index (χ4v) is 3.03. The van der Waals surface area contributed by atoms with Gasteiger partial charge in [0.2, 0.25) is 0 Å². The number of fused-ring (bicyclic) bond motifs is 1. The Morgan fingerprint density at radius 3 is 2.86 bits per heavy atom. The molecular weight excluding hydrogens is 409 g/mol. The summed E-state index contributed by atoms with van der Waals surface area (Å²) in [5.74, 6) is 2.44. The molecule has 0 bridgehead atoms. The number of para-hydroxylation sites is 1. The zero-order valence-corrected chi connectivity index (χ0v) is 16.6. The number of aliphatic imine (C=N–C) groups is 1. The van der Waals surface area contributed by atoms with Crippen LogP contribution in [0.15, 0.2) is 29.3 Å². The average molecular weight is 435 g/mol. The molecule has 1 atom stereocenters. The Morgan fingerprint density at radius 2 is 2.14 bits per heavy atom.